The minimum absolute atomic E-state index is 0.260. The van der Waals surface area contributed by atoms with Crippen molar-refractivity contribution in [2.75, 3.05) is 12.4 Å². The smallest absolute Gasteiger partial charge is 0.101 e. The summed E-state index contributed by atoms with van der Waals surface area (Å²) in [5, 5.41) is 12.5. The zero-order valence-electron chi connectivity index (χ0n) is 10.1. The molecule has 0 aromatic heterocycles. The summed E-state index contributed by atoms with van der Waals surface area (Å²) in [6.07, 6.45) is 4.93. The number of rotatable bonds is 3. The Bertz CT molecular complexity index is 411. The molecule has 1 aliphatic rings. The minimum atomic E-state index is 0.260. The number of benzene rings is 1. The van der Waals surface area contributed by atoms with Crippen LogP contribution in [0.15, 0.2) is 24.3 Å². The lowest BCUT2D eigenvalue weighted by Crippen LogP contribution is -2.37. The van der Waals surface area contributed by atoms with Crippen molar-refractivity contribution in [2.45, 2.75) is 37.8 Å². The lowest BCUT2D eigenvalue weighted by Gasteiger charge is -2.32. The Balaban J connectivity index is 2.11. The number of nitrogens with zero attached hydrogens (tertiary/aromatic N) is 1. The van der Waals surface area contributed by atoms with Crippen molar-refractivity contribution in [1.29, 1.82) is 5.26 Å². The highest BCUT2D eigenvalue weighted by Gasteiger charge is 2.25. The third-order valence-corrected chi connectivity index (χ3v) is 3.39. The lowest BCUT2D eigenvalue weighted by atomic mass is 9.92. The molecule has 0 bridgehead atoms. The standard InChI is InChI=1S/C14H18N2O/c1-17-14-9-5-4-8-13(14)16-12-7-3-2-6-11(12)10-15/h2-3,6-7,13-14,16H,4-5,8-9H2,1H3. The normalized spacial score (nSPS) is 24.0. The van der Waals surface area contributed by atoms with Crippen molar-refractivity contribution < 1.29 is 4.74 Å². The molecule has 2 atom stereocenters. The first-order chi connectivity index (χ1) is 8.35. The number of nitrogens with one attached hydrogen (secondary N) is 1. The molecule has 1 aromatic rings. The lowest BCUT2D eigenvalue weighted by molar-refractivity contribution is 0.0606. The van der Waals surface area contributed by atoms with Crippen LogP contribution in [0, 0.1) is 11.3 Å². The van der Waals surface area contributed by atoms with Crippen LogP contribution in [-0.4, -0.2) is 19.3 Å². The first kappa shape index (κ1) is 11.9. The second-order valence-corrected chi connectivity index (χ2v) is 4.47. The molecule has 1 aliphatic carbocycles. The van der Waals surface area contributed by atoms with Gasteiger partial charge in [0.15, 0.2) is 0 Å². The predicted molar refractivity (Wildman–Crippen MR) is 67.8 cm³/mol. The molecule has 0 radical (unpaired) electrons. The van der Waals surface area contributed by atoms with E-state index in [1.54, 1.807) is 7.11 Å². The van der Waals surface area contributed by atoms with E-state index in [1.807, 2.05) is 24.3 Å². The molecule has 0 spiro atoms. The Labute approximate surface area is 102 Å². The van der Waals surface area contributed by atoms with Crippen LogP contribution >= 0.6 is 0 Å². The van der Waals surface area contributed by atoms with Gasteiger partial charge in [-0.2, -0.15) is 5.26 Å². The Morgan fingerprint density at radius 3 is 2.82 bits per heavy atom. The second kappa shape index (κ2) is 5.70. The maximum atomic E-state index is 9.05. The summed E-state index contributed by atoms with van der Waals surface area (Å²) in [4.78, 5) is 0. The van der Waals surface area contributed by atoms with E-state index in [2.05, 4.69) is 11.4 Å². The summed E-state index contributed by atoms with van der Waals surface area (Å²) in [7, 11) is 1.76. The van der Waals surface area contributed by atoms with Gasteiger partial charge in [-0.15, -0.1) is 0 Å². The van der Waals surface area contributed by atoms with Crippen LogP contribution in [0.25, 0.3) is 0 Å². The topological polar surface area (TPSA) is 45.0 Å². The Hall–Kier alpha value is -1.53. The van der Waals surface area contributed by atoms with Gasteiger partial charge in [-0.1, -0.05) is 25.0 Å². The van der Waals surface area contributed by atoms with Gasteiger partial charge in [0, 0.05) is 7.11 Å². The van der Waals surface area contributed by atoms with Crippen molar-refractivity contribution in [2.24, 2.45) is 0 Å². The summed E-state index contributed by atoms with van der Waals surface area (Å²) in [6.45, 7) is 0. The molecule has 3 nitrogen and oxygen atoms in total. The highest BCUT2D eigenvalue weighted by Crippen LogP contribution is 2.25. The molecule has 2 unspecified atom stereocenters. The molecule has 90 valence electrons. The van der Waals surface area contributed by atoms with Crippen LogP contribution < -0.4 is 5.32 Å². The molecule has 3 heteroatoms. The van der Waals surface area contributed by atoms with Gasteiger partial charge in [0.2, 0.25) is 0 Å². The van der Waals surface area contributed by atoms with E-state index in [9.17, 15) is 0 Å². The molecule has 1 fully saturated rings. The Morgan fingerprint density at radius 1 is 1.29 bits per heavy atom. The van der Waals surface area contributed by atoms with Crippen molar-refractivity contribution >= 4 is 5.69 Å². The zero-order valence-corrected chi connectivity index (χ0v) is 10.1. The summed E-state index contributed by atoms with van der Waals surface area (Å²) in [5.74, 6) is 0. The molecular formula is C14H18N2O. The average molecular weight is 230 g/mol. The van der Waals surface area contributed by atoms with Gasteiger partial charge in [0.25, 0.3) is 0 Å². The van der Waals surface area contributed by atoms with Gasteiger partial charge in [-0.3, -0.25) is 0 Å². The summed E-state index contributed by atoms with van der Waals surface area (Å²) in [5.41, 5.74) is 1.62. The Kier molecular flexibility index (Phi) is 4.00. The molecule has 2 rings (SSSR count). The first-order valence-corrected chi connectivity index (χ1v) is 6.13. The van der Waals surface area contributed by atoms with Gasteiger partial charge in [-0.05, 0) is 25.0 Å². The highest BCUT2D eigenvalue weighted by molar-refractivity contribution is 5.57. The summed E-state index contributed by atoms with van der Waals surface area (Å²) in [6, 6.07) is 10.2. The van der Waals surface area contributed by atoms with Crippen LogP contribution in [0.3, 0.4) is 0 Å². The largest absolute Gasteiger partial charge is 0.379 e. The molecule has 1 aromatic carbocycles. The molecule has 1 N–H and O–H groups in total. The fraction of sp³-hybridized carbons (Fsp3) is 0.500. The number of hydrogen-bond acceptors (Lipinski definition) is 3. The minimum Gasteiger partial charge on any atom is -0.379 e. The van der Waals surface area contributed by atoms with E-state index >= 15 is 0 Å². The van der Waals surface area contributed by atoms with Crippen molar-refractivity contribution in [3.63, 3.8) is 0 Å². The van der Waals surface area contributed by atoms with Crippen LogP contribution in [0.1, 0.15) is 31.2 Å². The summed E-state index contributed by atoms with van der Waals surface area (Å²) >= 11 is 0. The van der Waals surface area contributed by atoms with Crippen LogP contribution in [0.4, 0.5) is 5.69 Å². The zero-order chi connectivity index (χ0) is 12.1. The monoisotopic (exact) mass is 230 g/mol. The number of nitriles is 1. The molecular weight excluding hydrogens is 212 g/mol. The third-order valence-electron chi connectivity index (χ3n) is 3.39. The van der Waals surface area contributed by atoms with E-state index < -0.39 is 0 Å². The van der Waals surface area contributed by atoms with Gasteiger partial charge in [0.1, 0.15) is 6.07 Å². The quantitative estimate of drug-likeness (QED) is 0.868. The number of methoxy groups -OCH3 is 1. The fourth-order valence-corrected chi connectivity index (χ4v) is 2.45. The number of anilines is 1. The van der Waals surface area contributed by atoms with Gasteiger partial charge < -0.3 is 10.1 Å². The molecule has 17 heavy (non-hydrogen) atoms. The molecule has 0 saturated heterocycles. The molecule has 1 saturated carbocycles. The number of para-hydroxylation sites is 1. The SMILES string of the molecule is COC1CCCCC1Nc1ccccc1C#N. The van der Waals surface area contributed by atoms with Crippen LogP contribution in [0.2, 0.25) is 0 Å². The van der Waals surface area contributed by atoms with E-state index in [-0.39, 0.29) is 6.10 Å². The van der Waals surface area contributed by atoms with Gasteiger partial charge in [0.05, 0.1) is 23.4 Å². The third kappa shape index (κ3) is 2.78. The maximum Gasteiger partial charge on any atom is 0.101 e. The summed E-state index contributed by atoms with van der Waals surface area (Å²) < 4.78 is 5.50. The number of hydrogen-bond donors (Lipinski definition) is 1. The van der Waals surface area contributed by atoms with Crippen LogP contribution in [-0.2, 0) is 4.74 Å². The number of ether oxygens (including phenoxy) is 1. The molecule has 0 aliphatic heterocycles. The molecule has 0 amide bonds. The average Bonchev–Trinajstić information content (AvgIpc) is 2.40. The van der Waals surface area contributed by atoms with Crippen molar-refractivity contribution in [1.82, 2.24) is 0 Å². The first-order valence-electron chi connectivity index (χ1n) is 6.13. The van der Waals surface area contributed by atoms with Crippen molar-refractivity contribution in [3.8, 4) is 6.07 Å². The van der Waals surface area contributed by atoms with Crippen LogP contribution in [0.5, 0.6) is 0 Å². The maximum absolute atomic E-state index is 9.05. The fourth-order valence-electron chi connectivity index (χ4n) is 2.45. The van der Waals surface area contributed by atoms with Crippen molar-refractivity contribution in [3.05, 3.63) is 29.8 Å². The van der Waals surface area contributed by atoms with E-state index in [1.165, 1.54) is 12.8 Å². The molecule has 0 heterocycles. The van der Waals surface area contributed by atoms with Gasteiger partial charge in [-0.25, -0.2) is 0 Å². The van der Waals surface area contributed by atoms with Gasteiger partial charge >= 0.3 is 0 Å². The second-order valence-electron chi connectivity index (χ2n) is 4.47. The van der Waals surface area contributed by atoms with E-state index in [0.717, 1.165) is 18.5 Å². The van der Waals surface area contributed by atoms with E-state index in [0.29, 0.717) is 11.6 Å². The van der Waals surface area contributed by atoms with E-state index in [4.69, 9.17) is 10.00 Å². The Morgan fingerprint density at radius 2 is 2.06 bits per heavy atom. The predicted octanol–water partition coefficient (Wildman–Crippen LogP) is 2.93. The highest BCUT2D eigenvalue weighted by atomic mass is 16.5.